The lowest BCUT2D eigenvalue weighted by Crippen LogP contribution is -2.10. The summed E-state index contributed by atoms with van der Waals surface area (Å²) in [5, 5.41) is 9.58. The predicted octanol–water partition coefficient (Wildman–Crippen LogP) is 3.13. The molecule has 0 amide bonds. The first-order valence-electron chi connectivity index (χ1n) is 6.37. The summed E-state index contributed by atoms with van der Waals surface area (Å²) < 4.78 is 0. The fraction of sp³-hybridized carbons (Fsp3) is 0.312. The largest absolute Gasteiger partial charge is 0.508 e. The zero-order valence-corrected chi connectivity index (χ0v) is 11.9. The second-order valence-corrected chi connectivity index (χ2v) is 5.24. The molecular formula is C16H20N2O. The lowest BCUT2D eigenvalue weighted by molar-refractivity contribution is 0.402. The van der Waals surface area contributed by atoms with E-state index in [4.69, 9.17) is 0 Å². The van der Waals surface area contributed by atoms with Crippen molar-refractivity contribution in [3.8, 4) is 17.0 Å². The number of hydrogen-bond donors (Lipinski definition) is 1. The lowest BCUT2D eigenvalue weighted by atomic mass is 9.99. The van der Waals surface area contributed by atoms with Crippen molar-refractivity contribution < 1.29 is 5.11 Å². The summed E-state index contributed by atoms with van der Waals surface area (Å²) >= 11 is 0. The topological polar surface area (TPSA) is 36.4 Å². The molecule has 3 heteroatoms. The van der Waals surface area contributed by atoms with Gasteiger partial charge in [-0.05, 0) is 62.8 Å². The first-order valence-corrected chi connectivity index (χ1v) is 6.37. The van der Waals surface area contributed by atoms with Crippen LogP contribution in [0.25, 0.3) is 11.3 Å². The quantitative estimate of drug-likeness (QED) is 0.916. The molecule has 0 aliphatic heterocycles. The van der Waals surface area contributed by atoms with E-state index in [0.717, 1.165) is 28.9 Å². The Balaban J connectivity index is 2.37. The smallest absolute Gasteiger partial charge is 0.116 e. The van der Waals surface area contributed by atoms with Gasteiger partial charge in [0, 0.05) is 18.3 Å². The summed E-state index contributed by atoms with van der Waals surface area (Å²) in [5.74, 6) is 0.308. The maximum absolute atomic E-state index is 9.58. The first-order chi connectivity index (χ1) is 8.97. The van der Waals surface area contributed by atoms with Gasteiger partial charge < -0.3 is 10.0 Å². The monoisotopic (exact) mass is 256 g/mol. The van der Waals surface area contributed by atoms with Crippen LogP contribution in [-0.4, -0.2) is 29.1 Å². The molecule has 0 fully saturated rings. The Kier molecular flexibility index (Phi) is 3.86. The molecule has 0 radical (unpaired) electrons. The van der Waals surface area contributed by atoms with Crippen LogP contribution in [-0.2, 0) is 6.54 Å². The number of benzene rings is 1. The molecule has 19 heavy (non-hydrogen) atoms. The zero-order chi connectivity index (χ0) is 14.0. The number of pyridine rings is 1. The van der Waals surface area contributed by atoms with Crippen molar-refractivity contribution >= 4 is 0 Å². The van der Waals surface area contributed by atoms with Crippen LogP contribution in [0.1, 0.15) is 16.7 Å². The molecule has 1 heterocycles. The summed E-state index contributed by atoms with van der Waals surface area (Å²) in [7, 11) is 4.09. The Morgan fingerprint density at radius 2 is 1.74 bits per heavy atom. The molecule has 1 aromatic heterocycles. The highest BCUT2D eigenvalue weighted by molar-refractivity contribution is 5.68. The molecule has 1 N–H and O–H groups in total. The van der Waals surface area contributed by atoms with E-state index in [9.17, 15) is 5.11 Å². The van der Waals surface area contributed by atoms with Crippen molar-refractivity contribution in [1.82, 2.24) is 9.88 Å². The van der Waals surface area contributed by atoms with Crippen LogP contribution in [0.4, 0.5) is 0 Å². The molecule has 2 rings (SSSR count). The van der Waals surface area contributed by atoms with Crippen molar-refractivity contribution in [2.45, 2.75) is 20.4 Å². The van der Waals surface area contributed by atoms with Gasteiger partial charge in [0.1, 0.15) is 5.75 Å². The maximum atomic E-state index is 9.58. The van der Waals surface area contributed by atoms with E-state index in [-0.39, 0.29) is 0 Å². The van der Waals surface area contributed by atoms with Gasteiger partial charge in [0.05, 0.1) is 5.69 Å². The standard InChI is InChI=1S/C16H20N2O/c1-11-7-14(19)8-12(2)16(11)15-6-5-13(9-17-15)10-18(3)4/h5-9,19H,10H2,1-4H3. The Morgan fingerprint density at radius 1 is 1.11 bits per heavy atom. The number of nitrogens with zero attached hydrogens (tertiary/aromatic N) is 2. The Hall–Kier alpha value is -1.87. The van der Waals surface area contributed by atoms with E-state index < -0.39 is 0 Å². The van der Waals surface area contributed by atoms with E-state index >= 15 is 0 Å². The Bertz CT molecular complexity index is 551. The van der Waals surface area contributed by atoms with E-state index in [1.54, 1.807) is 12.1 Å². The van der Waals surface area contributed by atoms with Crippen molar-refractivity contribution in [1.29, 1.82) is 0 Å². The number of phenols is 1. The number of phenolic OH excluding ortho intramolecular Hbond substituents is 1. The summed E-state index contributed by atoms with van der Waals surface area (Å²) in [4.78, 5) is 6.66. The molecule has 0 aliphatic carbocycles. The molecule has 0 bridgehead atoms. The molecule has 0 saturated heterocycles. The average Bonchev–Trinajstić information content (AvgIpc) is 2.29. The molecule has 0 saturated carbocycles. The van der Waals surface area contributed by atoms with Gasteiger partial charge >= 0.3 is 0 Å². The van der Waals surface area contributed by atoms with Crippen molar-refractivity contribution in [3.63, 3.8) is 0 Å². The van der Waals surface area contributed by atoms with Gasteiger partial charge in [0.25, 0.3) is 0 Å². The highest BCUT2D eigenvalue weighted by Gasteiger charge is 2.08. The van der Waals surface area contributed by atoms with Crippen LogP contribution in [0.2, 0.25) is 0 Å². The number of aromatic hydroxyl groups is 1. The van der Waals surface area contributed by atoms with E-state index in [1.165, 1.54) is 5.56 Å². The Morgan fingerprint density at radius 3 is 2.21 bits per heavy atom. The highest BCUT2D eigenvalue weighted by Crippen LogP contribution is 2.29. The molecular weight excluding hydrogens is 236 g/mol. The van der Waals surface area contributed by atoms with Gasteiger partial charge in [0.15, 0.2) is 0 Å². The minimum absolute atomic E-state index is 0.308. The van der Waals surface area contributed by atoms with Gasteiger partial charge in [-0.1, -0.05) is 6.07 Å². The van der Waals surface area contributed by atoms with Crippen LogP contribution < -0.4 is 0 Å². The van der Waals surface area contributed by atoms with Crippen LogP contribution >= 0.6 is 0 Å². The van der Waals surface area contributed by atoms with Gasteiger partial charge in [-0.25, -0.2) is 0 Å². The molecule has 100 valence electrons. The molecule has 2 aromatic rings. The number of hydrogen-bond acceptors (Lipinski definition) is 3. The minimum atomic E-state index is 0.308. The number of rotatable bonds is 3. The highest BCUT2D eigenvalue weighted by atomic mass is 16.3. The van der Waals surface area contributed by atoms with Gasteiger partial charge in [0.2, 0.25) is 0 Å². The number of aryl methyl sites for hydroxylation is 2. The molecule has 0 spiro atoms. The van der Waals surface area contributed by atoms with Crippen molar-refractivity contribution in [2.75, 3.05) is 14.1 Å². The molecule has 0 aliphatic rings. The van der Waals surface area contributed by atoms with Crippen LogP contribution in [0.15, 0.2) is 30.5 Å². The second-order valence-electron chi connectivity index (χ2n) is 5.24. The third kappa shape index (κ3) is 3.12. The molecule has 3 nitrogen and oxygen atoms in total. The second kappa shape index (κ2) is 5.41. The fourth-order valence-corrected chi connectivity index (χ4v) is 2.38. The summed E-state index contributed by atoms with van der Waals surface area (Å²) in [5.41, 5.74) is 5.35. The zero-order valence-electron chi connectivity index (χ0n) is 11.9. The Labute approximate surface area is 114 Å². The van der Waals surface area contributed by atoms with E-state index in [1.807, 2.05) is 40.2 Å². The minimum Gasteiger partial charge on any atom is -0.508 e. The third-order valence-corrected chi connectivity index (χ3v) is 3.10. The average molecular weight is 256 g/mol. The van der Waals surface area contributed by atoms with Crippen molar-refractivity contribution in [2.24, 2.45) is 0 Å². The molecule has 0 atom stereocenters. The van der Waals surface area contributed by atoms with Crippen LogP contribution in [0.3, 0.4) is 0 Å². The maximum Gasteiger partial charge on any atom is 0.116 e. The third-order valence-electron chi connectivity index (χ3n) is 3.10. The summed E-state index contributed by atoms with van der Waals surface area (Å²) in [6.45, 7) is 4.88. The molecule has 0 unspecified atom stereocenters. The van der Waals surface area contributed by atoms with Gasteiger partial charge in [-0.15, -0.1) is 0 Å². The van der Waals surface area contributed by atoms with Crippen molar-refractivity contribution in [3.05, 3.63) is 47.2 Å². The first kappa shape index (κ1) is 13.6. The summed E-state index contributed by atoms with van der Waals surface area (Å²) in [6.07, 6.45) is 1.92. The molecule has 1 aromatic carbocycles. The van der Waals surface area contributed by atoms with Crippen LogP contribution in [0.5, 0.6) is 5.75 Å². The summed E-state index contributed by atoms with van der Waals surface area (Å²) in [6, 6.07) is 7.70. The predicted molar refractivity (Wildman–Crippen MR) is 78.2 cm³/mol. The SMILES string of the molecule is Cc1cc(O)cc(C)c1-c1ccc(CN(C)C)cn1. The lowest BCUT2D eigenvalue weighted by Gasteiger charge is -2.12. The van der Waals surface area contributed by atoms with Gasteiger partial charge in [-0.2, -0.15) is 0 Å². The van der Waals surface area contributed by atoms with E-state index in [2.05, 4.69) is 16.0 Å². The van der Waals surface area contributed by atoms with Crippen LogP contribution in [0, 0.1) is 13.8 Å². The number of aromatic nitrogens is 1. The normalized spacial score (nSPS) is 11.0. The van der Waals surface area contributed by atoms with Gasteiger partial charge in [-0.3, -0.25) is 4.98 Å². The fourth-order valence-electron chi connectivity index (χ4n) is 2.38. The van der Waals surface area contributed by atoms with E-state index in [0.29, 0.717) is 5.75 Å².